The number of ether oxygens (including phenoxy) is 2. The van der Waals surface area contributed by atoms with Crippen molar-refractivity contribution in [2.45, 2.75) is 45.3 Å². The van der Waals surface area contributed by atoms with Crippen molar-refractivity contribution in [3.8, 4) is 0 Å². The molecular formula is C18H25Cl2N3O4. The van der Waals surface area contributed by atoms with Crippen LogP contribution < -0.4 is 5.32 Å². The van der Waals surface area contributed by atoms with Gasteiger partial charge >= 0.3 is 6.09 Å². The molecule has 2 N–H and O–H groups in total. The van der Waals surface area contributed by atoms with Gasteiger partial charge < -0.3 is 24.7 Å². The van der Waals surface area contributed by atoms with E-state index in [1.54, 1.807) is 18.7 Å². The maximum Gasteiger partial charge on any atom is 0.409 e. The second-order valence-corrected chi connectivity index (χ2v) is 7.84. The Labute approximate surface area is 168 Å². The molecule has 27 heavy (non-hydrogen) atoms. The van der Waals surface area contributed by atoms with Gasteiger partial charge in [-0.25, -0.2) is 4.79 Å². The lowest BCUT2D eigenvalue weighted by atomic mass is 10.0. The maximum atomic E-state index is 12.7. The number of likely N-dealkylation sites (tertiary alicyclic amines) is 1. The first-order chi connectivity index (χ1) is 12.9. The molecule has 0 spiro atoms. The fourth-order valence-corrected chi connectivity index (χ4v) is 3.56. The van der Waals surface area contributed by atoms with E-state index in [0.717, 1.165) is 0 Å². The van der Waals surface area contributed by atoms with E-state index in [1.165, 1.54) is 12.8 Å². The third-order valence-corrected chi connectivity index (χ3v) is 5.87. The lowest BCUT2D eigenvalue weighted by molar-refractivity contribution is -0.0239. The molecule has 0 radical (unpaired) electrons. The second-order valence-electron chi connectivity index (χ2n) is 7.08. The number of nitrogens with one attached hydrogen (secondary N) is 2. The molecule has 0 aromatic carbocycles. The standard InChI is InChI=1S/C18H25Cl2N3O4/c1-3-26-18(25)23-7-6-12(13(8-23)27-9-11-4-5-11)22-17(24)16-15(20)14(19)10(2)21-16/h11-13,21H,3-9H2,1-2H3,(H,22,24)/t12-,13+/m1/s1. The van der Waals surface area contributed by atoms with E-state index >= 15 is 0 Å². The van der Waals surface area contributed by atoms with Gasteiger partial charge in [0.15, 0.2) is 0 Å². The lowest BCUT2D eigenvalue weighted by Gasteiger charge is -2.38. The van der Waals surface area contributed by atoms with Crippen molar-refractivity contribution in [3.05, 3.63) is 21.4 Å². The minimum absolute atomic E-state index is 0.214. The summed E-state index contributed by atoms with van der Waals surface area (Å²) < 4.78 is 11.1. The largest absolute Gasteiger partial charge is 0.450 e. The number of aromatic nitrogens is 1. The first kappa shape index (κ1) is 20.3. The summed E-state index contributed by atoms with van der Waals surface area (Å²) in [5.41, 5.74) is 0.887. The first-order valence-electron chi connectivity index (χ1n) is 9.28. The highest BCUT2D eigenvalue weighted by Gasteiger charge is 2.36. The molecule has 2 atom stereocenters. The molecule has 150 valence electrons. The number of rotatable bonds is 6. The Morgan fingerprint density at radius 3 is 2.59 bits per heavy atom. The predicted octanol–water partition coefficient (Wildman–Crippen LogP) is 3.39. The zero-order valence-electron chi connectivity index (χ0n) is 15.5. The van der Waals surface area contributed by atoms with Gasteiger partial charge in [-0.15, -0.1) is 0 Å². The van der Waals surface area contributed by atoms with Crippen LogP contribution in [-0.4, -0.2) is 60.3 Å². The lowest BCUT2D eigenvalue weighted by Crippen LogP contribution is -2.56. The van der Waals surface area contributed by atoms with E-state index in [1.807, 2.05) is 0 Å². The average Bonchev–Trinajstić information content (AvgIpc) is 3.44. The summed E-state index contributed by atoms with van der Waals surface area (Å²) in [7, 11) is 0. The molecule has 1 saturated heterocycles. The van der Waals surface area contributed by atoms with Gasteiger partial charge in [-0.3, -0.25) is 4.79 Å². The third kappa shape index (κ3) is 4.89. The third-order valence-electron chi connectivity index (χ3n) is 4.93. The second kappa shape index (κ2) is 8.71. The van der Waals surface area contributed by atoms with E-state index in [-0.39, 0.29) is 34.9 Å². The molecule has 1 aromatic heterocycles. The summed E-state index contributed by atoms with van der Waals surface area (Å²) in [6, 6.07) is -0.222. The Bertz CT molecular complexity index is 705. The molecule has 2 aliphatic rings. The summed E-state index contributed by atoms with van der Waals surface area (Å²) in [5.74, 6) is 0.253. The maximum absolute atomic E-state index is 12.7. The summed E-state index contributed by atoms with van der Waals surface area (Å²) in [6.45, 7) is 5.38. The van der Waals surface area contributed by atoms with Crippen LogP contribution in [0.15, 0.2) is 0 Å². The van der Waals surface area contributed by atoms with Gasteiger partial charge in [0.05, 0.1) is 35.3 Å². The molecule has 2 fully saturated rings. The van der Waals surface area contributed by atoms with Gasteiger partial charge in [-0.1, -0.05) is 23.2 Å². The van der Waals surface area contributed by atoms with Crippen LogP contribution in [0.3, 0.4) is 0 Å². The topological polar surface area (TPSA) is 83.7 Å². The Morgan fingerprint density at radius 1 is 1.26 bits per heavy atom. The first-order valence-corrected chi connectivity index (χ1v) is 10.0. The number of piperidine rings is 1. The number of hydrogen-bond donors (Lipinski definition) is 2. The zero-order chi connectivity index (χ0) is 19.6. The number of amides is 2. The smallest absolute Gasteiger partial charge is 0.409 e. The minimum atomic E-state index is -0.350. The SMILES string of the molecule is CCOC(=O)N1CC[C@@H](NC(=O)c2[nH]c(C)c(Cl)c2Cl)[C@@H](OCC2CC2)C1. The van der Waals surface area contributed by atoms with Gasteiger partial charge in [-0.05, 0) is 39.0 Å². The molecule has 1 aliphatic carbocycles. The average molecular weight is 418 g/mol. The van der Waals surface area contributed by atoms with Crippen LogP contribution in [0.2, 0.25) is 10.0 Å². The van der Waals surface area contributed by atoms with Crippen LogP contribution in [0.4, 0.5) is 4.79 Å². The van der Waals surface area contributed by atoms with Crippen LogP contribution in [0.25, 0.3) is 0 Å². The Hall–Kier alpha value is -1.44. The van der Waals surface area contributed by atoms with E-state index in [4.69, 9.17) is 32.7 Å². The molecular weight excluding hydrogens is 393 g/mol. The number of nitrogens with zero attached hydrogens (tertiary/aromatic N) is 1. The molecule has 7 nitrogen and oxygen atoms in total. The molecule has 0 bridgehead atoms. The van der Waals surface area contributed by atoms with Gasteiger partial charge in [0.2, 0.25) is 0 Å². The Morgan fingerprint density at radius 2 is 2.00 bits per heavy atom. The monoisotopic (exact) mass is 417 g/mol. The molecule has 1 saturated carbocycles. The van der Waals surface area contributed by atoms with E-state index in [9.17, 15) is 9.59 Å². The normalized spacial score (nSPS) is 22.6. The molecule has 2 heterocycles. The minimum Gasteiger partial charge on any atom is -0.450 e. The summed E-state index contributed by atoms with van der Waals surface area (Å²) in [4.78, 5) is 29.3. The van der Waals surface area contributed by atoms with Crippen molar-refractivity contribution in [2.24, 2.45) is 5.92 Å². The van der Waals surface area contributed by atoms with Crippen molar-refractivity contribution < 1.29 is 19.1 Å². The van der Waals surface area contributed by atoms with Crippen LogP contribution >= 0.6 is 23.2 Å². The van der Waals surface area contributed by atoms with Gasteiger partial charge in [0, 0.05) is 18.8 Å². The molecule has 2 amide bonds. The van der Waals surface area contributed by atoms with Gasteiger partial charge in [0.1, 0.15) is 5.69 Å². The number of hydrogen-bond acceptors (Lipinski definition) is 4. The van der Waals surface area contributed by atoms with Gasteiger partial charge in [-0.2, -0.15) is 0 Å². The number of aryl methyl sites for hydroxylation is 1. The fourth-order valence-electron chi connectivity index (χ4n) is 3.14. The highest BCUT2D eigenvalue weighted by molar-refractivity contribution is 6.44. The van der Waals surface area contributed by atoms with Crippen LogP contribution in [0, 0.1) is 12.8 Å². The van der Waals surface area contributed by atoms with Crippen molar-refractivity contribution >= 4 is 35.2 Å². The van der Waals surface area contributed by atoms with Crippen molar-refractivity contribution in [3.63, 3.8) is 0 Å². The van der Waals surface area contributed by atoms with E-state index in [0.29, 0.717) is 49.4 Å². The Kier molecular flexibility index (Phi) is 6.55. The number of carbonyl (C=O) groups excluding carboxylic acids is 2. The van der Waals surface area contributed by atoms with Crippen molar-refractivity contribution in [1.29, 1.82) is 0 Å². The van der Waals surface area contributed by atoms with Crippen LogP contribution in [-0.2, 0) is 9.47 Å². The molecule has 1 aromatic rings. The molecule has 3 rings (SSSR count). The number of carbonyl (C=O) groups is 2. The fraction of sp³-hybridized carbons (Fsp3) is 0.667. The molecule has 1 aliphatic heterocycles. The Balaban J connectivity index is 1.66. The van der Waals surface area contributed by atoms with E-state index < -0.39 is 0 Å². The van der Waals surface area contributed by atoms with Crippen LogP contribution in [0.5, 0.6) is 0 Å². The molecule has 9 heteroatoms. The highest BCUT2D eigenvalue weighted by Crippen LogP contribution is 2.31. The van der Waals surface area contributed by atoms with E-state index in [2.05, 4.69) is 10.3 Å². The summed E-state index contributed by atoms with van der Waals surface area (Å²) >= 11 is 12.2. The van der Waals surface area contributed by atoms with Crippen molar-refractivity contribution in [1.82, 2.24) is 15.2 Å². The quantitative estimate of drug-likeness (QED) is 0.742. The number of halogens is 2. The zero-order valence-corrected chi connectivity index (χ0v) is 17.0. The highest BCUT2D eigenvalue weighted by atomic mass is 35.5. The number of H-pyrrole nitrogens is 1. The predicted molar refractivity (Wildman–Crippen MR) is 102 cm³/mol. The van der Waals surface area contributed by atoms with Crippen molar-refractivity contribution in [2.75, 3.05) is 26.3 Å². The molecule has 0 unspecified atom stereocenters. The number of aromatic amines is 1. The summed E-state index contributed by atoms with van der Waals surface area (Å²) in [6.07, 6.45) is 2.27. The summed E-state index contributed by atoms with van der Waals surface area (Å²) in [5, 5.41) is 3.55. The van der Waals surface area contributed by atoms with Gasteiger partial charge in [0.25, 0.3) is 5.91 Å². The van der Waals surface area contributed by atoms with Crippen LogP contribution in [0.1, 0.15) is 42.4 Å².